The van der Waals surface area contributed by atoms with Gasteiger partial charge in [0.05, 0.1) is 12.4 Å². The van der Waals surface area contributed by atoms with Crippen molar-refractivity contribution in [2.24, 2.45) is 0 Å². The fourth-order valence-corrected chi connectivity index (χ4v) is 3.14. The lowest BCUT2D eigenvalue weighted by Crippen LogP contribution is -2.57. The monoisotopic (exact) mass is 266 g/mol. The van der Waals surface area contributed by atoms with Gasteiger partial charge in [-0.1, -0.05) is 0 Å². The molecule has 2 N–H and O–H groups in total. The Bertz CT molecular complexity index is 356. The molecular weight excluding hydrogens is 248 g/mol. The molecule has 0 radical (unpaired) electrons. The first-order valence-electron chi connectivity index (χ1n) is 5.50. The normalized spacial score (nSPS) is 22.5. The summed E-state index contributed by atoms with van der Waals surface area (Å²) in [5.74, 6) is -1.30. The van der Waals surface area contributed by atoms with Crippen molar-refractivity contribution in [1.29, 1.82) is 0 Å². The quantitative estimate of drug-likeness (QED) is 0.581. The van der Waals surface area contributed by atoms with Gasteiger partial charge in [-0.25, -0.2) is 8.42 Å². The zero-order chi connectivity index (χ0) is 12.9. The largest absolute Gasteiger partial charge is 0.480 e. The number of piperazine rings is 1. The van der Waals surface area contributed by atoms with Crippen LogP contribution in [0, 0.1) is 0 Å². The molecule has 1 heterocycles. The lowest BCUT2D eigenvalue weighted by Gasteiger charge is -2.32. The molecule has 1 fully saturated rings. The maximum absolute atomic E-state index is 11.9. The second-order valence-electron chi connectivity index (χ2n) is 3.68. The lowest BCUT2D eigenvalue weighted by atomic mass is 10.2. The molecule has 0 aromatic carbocycles. The molecule has 0 aliphatic carbocycles. The van der Waals surface area contributed by atoms with Crippen LogP contribution in [0.5, 0.6) is 0 Å². The number of carboxylic acid groups (broad SMARTS) is 1. The van der Waals surface area contributed by atoms with Crippen LogP contribution in [0.1, 0.15) is 6.92 Å². The van der Waals surface area contributed by atoms with Crippen LogP contribution in [0.4, 0.5) is 0 Å². The van der Waals surface area contributed by atoms with Gasteiger partial charge in [0, 0.05) is 26.2 Å². The predicted molar refractivity (Wildman–Crippen MR) is 61.3 cm³/mol. The van der Waals surface area contributed by atoms with Gasteiger partial charge in [0.2, 0.25) is 10.0 Å². The number of hydrogen-bond acceptors (Lipinski definition) is 5. The summed E-state index contributed by atoms with van der Waals surface area (Å²) in [6.07, 6.45) is 0. The molecule has 1 unspecified atom stereocenters. The van der Waals surface area contributed by atoms with Gasteiger partial charge < -0.3 is 15.2 Å². The maximum atomic E-state index is 11.9. The lowest BCUT2D eigenvalue weighted by molar-refractivity contribution is -0.141. The highest BCUT2D eigenvalue weighted by atomic mass is 32.2. The summed E-state index contributed by atoms with van der Waals surface area (Å²) in [4.78, 5) is 11.0. The Balaban J connectivity index is 2.69. The Morgan fingerprint density at radius 3 is 2.88 bits per heavy atom. The van der Waals surface area contributed by atoms with E-state index in [0.717, 1.165) is 4.31 Å². The first-order valence-corrected chi connectivity index (χ1v) is 7.10. The molecule has 0 saturated carbocycles. The summed E-state index contributed by atoms with van der Waals surface area (Å²) in [5.41, 5.74) is 0. The van der Waals surface area contributed by atoms with Crippen LogP contribution in [-0.4, -0.2) is 68.4 Å². The molecule has 0 amide bonds. The van der Waals surface area contributed by atoms with Crippen molar-refractivity contribution in [2.75, 3.05) is 38.6 Å². The van der Waals surface area contributed by atoms with Crippen LogP contribution in [0.25, 0.3) is 0 Å². The summed E-state index contributed by atoms with van der Waals surface area (Å²) in [7, 11) is -3.56. The third-order valence-corrected chi connectivity index (χ3v) is 4.36. The standard InChI is InChI=1S/C9H18N2O5S/c1-2-16-5-6-17(14,15)11-4-3-10-7-8(11)9(12)13/h8,10H,2-7H2,1H3,(H,12,13). The second kappa shape index (κ2) is 6.29. The van der Waals surface area contributed by atoms with Crippen molar-refractivity contribution in [3.63, 3.8) is 0 Å². The topological polar surface area (TPSA) is 95.9 Å². The molecule has 7 nitrogen and oxygen atoms in total. The second-order valence-corrected chi connectivity index (χ2v) is 5.72. The Kier molecular flexibility index (Phi) is 5.31. The number of rotatable bonds is 6. The van der Waals surface area contributed by atoms with E-state index >= 15 is 0 Å². The van der Waals surface area contributed by atoms with Crippen molar-refractivity contribution in [3.05, 3.63) is 0 Å². The molecule has 0 aromatic heterocycles. The summed E-state index contributed by atoms with van der Waals surface area (Å²) in [6.45, 7) is 3.11. The number of sulfonamides is 1. The zero-order valence-corrected chi connectivity index (χ0v) is 10.6. The summed E-state index contributed by atoms with van der Waals surface area (Å²) >= 11 is 0. The van der Waals surface area contributed by atoms with Crippen molar-refractivity contribution in [2.45, 2.75) is 13.0 Å². The van der Waals surface area contributed by atoms with Crippen LogP contribution in [0.3, 0.4) is 0 Å². The van der Waals surface area contributed by atoms with E-state index in [-0.39, 0.29) is 25.4 Å². The average Bonchev–Trinajstić information content (AvgIpc) is 2.29. The number of nitrogens with one attached hydrogen (secondary N) is 1. The Morgan fingerprint density at radius 1 is 1.59 bits per heavy atom. The zero-order valence-electron chi connectivity index (χ0n) is 9.76. The average molecular weight is 266 g/mol. The summed E-state index contributed by atoms with van der Waals surface area (Å²) in [5, 5.41) is 11.8. The fourth-order valence-electron chi connectivity index (χ4n) is 1.65. The van der Waals surface area contributed by atoms with Crippen LogP contribution in [0.15, 0.2) is 0 Å². The number of hydrogen-bond donors (Lipinski definition) is 2. The minimum atomic E-state index is -3.56. The van der Waals surface area contributed by atoms with E-state index in [4.69, 9.17) is 9.84 Å². The highest BCUT2D eigenvalue weighted by Gasteiger charge is 2.36. The minimum absolute atomic E-state index is 0.0924. The van der Waals surface area contributed by atoms with E-state index in [1.807, 2.05) is 0 Å². The molecule has 0 bridgehead atoms. The number of nitrogens with zero attached hydrogens (tertiary/aromatic N) is 1. The Hall–Kier alpha value is -0.700. The van der Waals surface area contributed by atoms with Gasteiger partial charge in [-0.15, -0.1) is 0 Å². The molecule has 0 spiro atoms. The van der Waals surface area contributed by atoms with E-state index in [1.54, 1.807) is 6.92 Å². The van der Waals surface area contributed by atoms with Crippen molar-refractivity contribution in [1.82, 2.24) is 9.62 Å². The van der Waals surface area contributed by atoms with Gasteiger partial charge in [0.15, 0.2) is 0 Å². The van der Waals surface area contributed by atoms with Gasteiger partial charge in [-0.2, -0.15) is 4.31 Å². The molecule has 1 aliphatic rings. The Morgan fingerprint density at radius 2 is 2.29 bits per heavy atom. The number of aliphatic carboxylic acids is 1. The van der Waals surface area contributed by atoms with Gasteiger partial charge in [-0.3, -0.25) is 4.79 Å². The SMILES string of the molecule is CCOCCS(=O)(=O)N1CCNCC1C(=O)O. The third-order valence-electron chi connectivity index (χ3n) is 2.53. The molecule has 8 heteroatoms. The molecular formula is C9H18N2O5S. The van der Waals surface area contributed by atoms with Gasteiger partial charge in [0.25, 0.3) is 0 Å². The molecule has 100 valence electrons. The molecule has 0 aromatic rings. The molecule has 1 aliphatic heterocycles. The van der Waals surface area contributed by atoms with E-state index in [0.29, 0.717) is 13.2 Å². The maximum Gasteiger partial charge on any atom is 0.323 e. The third kappa shape index (κ3) is 3.91. The number of carboxylic acids is 1. The highest BCUT2D eigenvalue weighted by molar-refractivity contribution is 7.89. The van der Waals surface area contributed by atoms with Crippen molar-refractivity contribution in [3.8, 4) is 0 Å². The predicted octanol–water partition coefficient (Wildman–Crippen LogP) is -1.29. The Labute approximate surface area is 101 Å². The smallest absolute Gasteiger partial charge is 0.323 e. The van der Waals surface area contributed by atoms with E-state index in [2.05, 4.69) is 5.32 Å². The fraction of sp³-hybridized carbons (Fsp3) is 0.889. The minimum Gasteiger partial charge on any atom is -0.480 e. The van der Waals surface area contributed by atoms with Crippen LogP contribution >= 0.6 is 0 Å². The van der Waals surface area contributed by atoms with E-state index in [9.17, 15) is 13.2 Å². The van der Waals surface area contributed by atoms with E-state index in [1.165, 1.54) is 0 Å². The molecule has 1 saturated heterocycles. The van der Waals surface area contributed by atoms with E-state index < -0.39 is 22.0 Å². The molecule has 1 atom stereocenters. The van der Waals surface area contributed by atoms with Gasteiger partial charge >= 0.3 is 5.97 Å². The van der Waals surface area contributed by atoms with Gasteiger partial charge in [0.1, 0.15) is 6.04 Å². The molecule has 1 rings (SSSR count). The highest BCUT2D eigenvalue weighted by Crippen LogP contribution is 2.10. The number of carbonyl (C=O) groups is 1. The van der Waals surface area contributed by atoms with Crippen LogP contribution in [-0.2, 0) is 19.6 Å². The molecule has 17 heavy (non-hydrogen) atoms. The first kappa shape index (κ1) is 14.4. The van der Waals surface area contributed by atoms with Crippen LogP contribution < -0.4 is 5.32 Å². The summed E-state index contributed by atoms with van der Waals surface area (Å²) in [6, 6.07) is -1.02. The summed E-state index contributed by atoms with van der Waals surface area (Å²) < 4.78 is 29.9. The van der Waals surface area contributed by atoms with Crippen molar-refractivity contribution >= 4 is 16.0 Å². The van der Waals surface area contributed by atoms with Crippen LogP contribution in [0.2, 0.25) is 0 Å². The number of ether oxygens (including phenoxy) is 1. The van der Waals surface area contributed by atoms with Crippen molar-refractivity contribution < 1.29 is 23.1 Å². The van der Waals surface area contributed by atoms with Gasteiger partial charge in [-0.05, 0) is 6.92 Å². The first-order chi connectivity index (χ1) is 7.99.